The summed E-state index contributed by atoms with van der Waals surface area (Å²) in [4.78, 5) is 24.4. The molecule has 5 rings (SSSR count). The molecule has 160 valence electrons. The number of anilines is 1. The number of allylic oxidation sites excluding steroid dienone is 2. The summed E-state index contributed by atoms with van der Waals surface area (Å²) in [6.07, 6.45) is 7.74. The molecule has 0 fully saturated rings. The van der Waals surface area contributed by atoms with E-state index in [0.29, 0.717) is 12.1 Å². The quantitative estimate of drug-likeness (QED) is 0.480. The summed E-state index contributed by atoms with van der Waals surface area (Å²) in [5.74, 6) is 0.275. The zero-order valence-electron chi connectivity index (χ0n) is 17.4. The van der Waals surface area contributed by atoms with E-state index in [0.717, 1.165) is 39.9 Å². The van der Waals surface area contributed by atoms with E-state index >= 15 is 0 Å². The van der Waals surface area contributed by atoms with Crippen LogP contribution in [0.25, 0.3) is 17.0 Å². The molecule has 9 nitrogen and oxygen atoms in total. The van der Waals surface area contributed by atoms with Crippen molar-refractivity contribution in [1.29, 1.82) is 0 Å². The van der Waals surface area contributed by atoms with Crippen LogP contribution >= 0.6 is 0 Å². The molecule has 0 spiro atoms. The minimum Gasteiger partial charge on any atom is -0.378 e. The number of nitrogens with zero attached hydrogens (tertiary/aromatic N) is 4. The van der Waals surface area contributed by atoms with Crippen molar-refractivity contribution in [3.8, 4) is 11.4 Å². The number of aryl methyl sites for hydroxylation is 1. The molecular weight excluding hydrogens is 404 g/mol. The van der Waals surface area contributed by atoms with Gasteiger partial charge in [-0.05, 0) is 43.3 Å². The van der Waals surface area contributed by atoms with Crippen LogP contribution in [-0.2, 0) is 6.54 Å². The van der Waals surface area contributed by atoms with Crippen LogP contribution in [0.2, 0.25) is 0 Å². The fourth-order valence-corrected chi connectivity index (χ4v) is 3.65. The number of amides is 1. The van der Waals surface area contributed by atoms with Crippen molar-refractivity contribution in [3.63, 3.8) is 0 Å². The third-order valence-electron chi connectivity index (χ3n) is 5.23. The van der Waals surface area contributed by atoms with Crippen LogP contribution in [0.3, 0.4) is 0 Å². The third kappa shape index (κ3) is 3.83. The largest absolute Gasteiger partial charge is 0.378 e. The van der Waals surface area contributed by atoms with E-state index in [2.05, 4.69) is 25.7 Å². The second-order valence-electron chi connectivity index (χ2n) is 7.55. The van der Waals surface area contributed by atoms with E-state index in [-0.39, 0.29) is 6.17 Å². The molecule has 1 amide bonds. The second kappa shape index (κ2) is 8.03. The number of carbonyl (C=O) groups is 1. The maximum absolute atomic E-state index is 11.5. The van der Waals surface area contributed by atoms with Crippen LogP contribution < -0.4 is 16.4 Å². The second-order valence-corrected chi connectivity index (χ2v) is 7.55. The van der Waals surface area contributed by atoms with Crippen molar-refractivity contribution < 1.29 is 4.79 Å². The molecule has 3 aromatic rings. The molecule has 2 aliphatic heterocycles. The smallest absolute Gasteiger partial charge is 0.248 e. The maximum Gasteiger partial charge on any atom is 0.248 e. The van der Waals surface area contributed by atoms with Crippen molar-refractivity contribution in [2.75, 3.05) is 5.32 Å². The summed E-state index contributed by atoms with van der Waals surface area (Å²) in [5, 5.41) is 12.6. The molecule has 5 N–H and O–H groups in total. The normalized spacial score (nSPS) is 16.5. The molecule has 1 aromatic carbocycles. The molecule has 0 bridgehead atoms. The first-order valence-corrected chi connectivity index (χ1v) is 10.2. The first kappa shape index (κ1) is 19.6. The molecule has 1 atom stereocenters. The number of H-pyrrole nitrogens is 1. The number of hydrogen-bond acceptors (Lipinski definition) is 7. The van der Waals surface area contributed by atoms with E-state index in [1.54, 1.807) is 24.5 Å². The van der Waals surface area contributed by atoms with Crippen molar-refractivity contribution in [3.05, 3.63) is 83.6 Å². The van der Waals surface area contributed by atoms with Gasteiger partial charge >= 0.3 is 0 Å². The number of primary amides is 1. The first-order valence-electron chi connectivity index (χ1n) is 10.2. The number of imidazole rings is 1. The monoisotopic (exact) mass is 426 g/mol. The van der Waals surface area contributed by atoms with E-state index in [9.17, 15) is 4.79 Å². The summed E-state index contributed by atoms with van der Waals surface area (Å²) in [6, 6.07) is 13.0. The molecule has 2 aromatic heterocycles. The number of benzene rings is 1. The predicted octanol–water partition coefficient (Wildman–Crippen LogP) is 2.58. The molecule has 2 aliphatic rings. The van der Waals surface area contributed by atoms with Crippen LogP contribution in [0.1, 0.15) is 27.6 Å². The Kier molecular flexibility index (Phi) is 4.91. The van der Waals surface area contributed by atoms with Gasteiger partial charge < -0.3 is 21.4 Å². The van der Waals surface area contributed by atoms with Gasteiger partial charge in [0, 0.05) is 28.7 Å². The number of fused-ring (bicyclic) bond motifs is 1. The highest BCUT2D eigenvalue weighted by molar-refractivity contribution is 5.93. The lowest BCUT2D eigenvalue weighted by atomic mass is 10.1. The number of aromatic nitrogens is 3. The van der Waals surface area contributed by atoms with Gasteiger partial charge in [-0.3, -0.25) is 9.78 Å². The Morgan fingerprint density at radius 2 is 2.09 bits per heavy atom. The summed E-state index contributed by atoms with van der Waals surface area (Å²) >= 11 is 0. The summed E-state index contributed by atoms with van der Waals surface area (Å²) in [7, 11) is 0. The Labute approximate surface area is 184 Å². The maximum atomic E-state index is 11.5. The van der Waals surface area contributed by atoms with Crippen LogP contribution in [0.5, 0.6) is 0 Å². The highest BCUT2D eigenvalue weighted by Crippen LogP contribution is 2.30. The van der Waals surface area contributed by atoms with Gasteiger partial charge in [-0.25, -0.2) is 9.99 Å². The standard InChI is InChI=1S/C23H22N8O/c1-14-4-2-7-18(28-14)22-21(16-8-9-20-26-13-27-31(20)12-16)29-19(30-22)11-25-17-6-3-5-15(10-17)23(24)32/h2-10,12-13,20,25H,11H2,1H3,(H2,24,32)(H,26,27)(H,29,30). The zero-order valence-corrected chi connectivity index (χ0v) is 17.4. The Balaban J connectivity index is 1.47. The average Bonchev–Trinajstić information content (AvgIpc) is 3.44. The molecule has 4 heterocycles. The number of rotatable bonds is 6. The molecule has 0 saturated heterocycles. The van der Waals surface area contributed by atoms with Crippen LogP contribution in [0.15, 0.2) is 65.9 Å². The Hall–Kier alpha value is -4.40. The first-order chi connectivity index (χ1) is 15.6. The van der Waals surface area contributed by atoms with Gasteiger partial charge in [0.15, 0.2) is 0 Å². The fourth-order valence-electron chi connectivity index (χ4n) is 3.65. The highest BCUT2D eigenvalue weighted by atomic mass is 16.1. The van der Waals surface area contributed by atoms with Crippen molar-refractivity contribution in [1.82, 2.24) is 25.3 Å². The van der Waals surface area contributed by atoms with Gasteiger partial charge in [-0.2, -0.15) is 5.10 Å². The van der Waals surface area contributed by atoms with E-state index in [1.807, 2.05) is 54.6 Å². The van der Waals surface area contributed by atoms with Gasteiger partial charge in [-0.1, -0.05) is 18.2 Å². The summed E-state index contributed by atoms with van der Waals surface area (Å²) < 4.78 is 0. The molecule has 0 saturated carbocycles. The number of aromatic amines is 1. The highest BCUT2D eigenvalue weighted by Gasteiger charge is 2.23. The average molecular weight is 426 g/mol. The summed E-state index contributed by atoms with van der Waals surface area (Å²) in [6.45, 7) is 2.40. The van der Waals surface area contributed by atoms with Gasteiger partial charge in [0.25, 0.3) is 0 Å². The summed E-state index contributed by atoms with van der Waals surface area (Å²) in [5.41, 5.74) is 10.9. The molecule has 1 unspecified atom stereocenters. The number of hydrazone groups is 1. The van der Waals surface area contributed by atoms with E-state index < -0.39 is 5.91 Å². The van der Waals surface area contributed by atoms with Gasteiger partial charge in [0.05, 0.1) is 23.6 Å². The molecular formula is C23H22N8O. The molecule has 0 radical (unpaired) electrons. The van der Waals surface area contributed by atoms with Gasteiger partial charge in [-0.15, -0.1) is 0 Å². The number of hydrogen-bond donors (Lipinski definition) is 4. The number of pyridine rings is 1. The van der Waals surface area contributed by atoms with Crippen molar-refractivity contribution >= 4 is 23.5 Å². The van der Waals surface area contributed by atoms with Gasteiger partial charge in [0.1, 0.15) is 18.3 Å². The van der Waals surface area contributed by atoms with Crippen molar-refractivity contribution in [2.24, 2.45) is 10.8 Å². The van der Waals surface area contributed by atoms with Crippen molar-refractivity contribution in [2.45, 2.75) is 19.6 Å². The number of nitrogens with two attached hydrogens (primary N) is 1. The van der Waals surface area contributed by atoms with Gasteiger partial charge in [0.2, 0.25) is 5.91 Å². The lowest BCUT2D eigenvalue weighted by molar-refractivity contribution is 0.100. The Morgan fingerprint density at radius 3 is 2.94 bits per heavy atom. The lowest BCUT2D eigenvalue weighted by Gasteiger charge is -2.21. The minimum atomic E-state index is -0.463. The van der Waals surface area contributed by atoms with E-state index in [1.165, 1.54) is 0 Å². The SMILES string of the molecule is Cc1cccc(-c2[nH]c(CNc3cccc(C(N)=O)c3)nc2C2=CN3N=CNC3C=C2)n1. The van der Waals surface area contributed by atoms with Crippen LogP contribution in [-0.4, -0.2) is 38.4 Å². The fraction of sp³-hybridized carbons (Fsp3) is 0.130. The Bertz CT molecular complexity index is 1270. The van der Waals surface area contributed by atoms with Crippen LogP contribution in [0.4, 0.5) is 5.69 Å². The predicted molar refractivity (Wildman–Crippen MR) is 123 cm³/mol. The Morgan fingerprint density at radius 1 is 1.22 bits per heavy atom. The third-order valence-corrected chi connectivity index (χ3v) is 5.23. The number of nitrogens with one attached hydrogen (secondary N) is 3. The van der Waals surface area contributed by atoms with E-state index in [4.69, 9.17) is 10.7 Å². The topological polar surface area (TPSA) is 124 Å². The van der Waals surface area contributed by atoms with Crippen LogP contribution in [0, 0.1) is 6.92 Å². The molecule has 9 heteroatoms. The minimum absolute atomic E-state index is 0.0249. The lowest BCUT2D eigenvalue weighted by Crippen LogP contribution is -2.32. The molecule has 32 heavy (non-hydrogen) atoms. The molecule has 0 aliphatic carbocycles. The zero-order chi connectivity index (χ0) is 22.1. The number of carbonyl (C=O) groups excluding carboxylic acids is 1.